The molecular weight excluding hydrogens is 563 g/mol. The first-order chi connectivity index (χ1) is 21.8. The number of hydrogen-bond donors (Lipinski definition) is 0. The zero-order valence-corrected chi connectivity index (χ0v) is 24.1. The Morgan fingerprint density at radius 2 is 1.39 bits per heavy atom. The van der Waals surface area contributed by atoms with Gasteiger partial charge in [0.05, 0.1) is 38.3 Å². The summed E-state index contributed by atoms with van der Waals surface area (Å²) in [4.78, 5) is 9.67. The molecule has 0 amide bonds. The van der Waals surface area contributed by atoms with E-state index in [0.717, 1.165) is 65.5 Å². The molecule has 0 spiro atoms. The standard InChI is InChI=1S/C36H23N7S/c1-2-15-37-31(8-1)24-6-3-7-28(20-24)43-33-13-10-26(41-18-4-16-38-41)22-30(33)29-12-9-25(21-34(29)43)36-40-32-23-27(11-14-35(32)44-36)42-19-5-17-39-42/h1-23H. The van der Waals surface area contributed by atoms with Crippen LogP contribution in [-0.4, -0.2) is 34.1 Å². The zero-order chi connectivity index (χ0) is 29.0. The average molecular weight is 586 g/mol. The van der Waals surface area contributed by atoms with Crippen LogP contribution in [0.15, 0.2) is 140 Å². The minimum Gasteiger partial charge on any atom is -0.309 e. The molecule has 8 heteroatoms. The fraction of sp³-hybridized carbons (Fsp3) is 0. The van der Waals surface area contributed by atoms with E-state index in [2.05, 4.69) is 98.6 Å². The second-order valence-electron chi connectivity index (χ2n) is 10.6. The SMILES string of the molecule is c1ccc(-c2cccc(-n3c4ccc(-n5cccn5)cc4c4ccc(-c5nc6cc(-n7cccn7)ccc6s5)cc43)c2)nc1. The van der Waals surface area contributed by atoms with Gasteiger partial charge in [-0.3, -0.25) is 4.98 Å². The monoisotopic (exact) mass is 585 g/mol. The Labute approximate surface area is 255 Å². The van der Waals surface area contributed by atoms with E-state index in [-0.39, 0.29) is 0 Å². The van der Waals surface area contributed by atoms with Gasteiger partial charge in [-0.15, -0.1) is 11.3 Å². The Hall–Kier alpha value is -5.86. The average Bonchev–Trinajstić information content (AvgIpc) is 3.90. The molecule has 44 heavy (non-hydrogen) atoms. The summed E-state index contributed by atoms with van der Waals surface area (Å²) in [6.07, 6.45) is 9.34. The molecule has 0 unspecified atom stereocenters. The lowest BCUT2D eigenvalue weighted by Crippen LogP contribution is -1.96. The number of hydrogen-bond acceptors (Lipinski definition) is 5. The molecule has 0 bridgehead atoms. The third-order valence-corrected chi connectivity index (χ3v) is 9.06. The molecule has 0 N–H and O–H groups in total. The van der Waals surface area contributed by atoms with E-state index in [1.807, 2.05) is 58.3 Å². The van der Waals surface area contributed by atoms with Gasteiger partial charge in [0.15, 0.2) is 0 Å². The number of fused-ring (bicyclic) bond motifs is 4. The van der Waals surface area contributed by atoms with Gasteiger partial charge in [0.25, 0.3) is 0 Å². The van der Waals surface area contributed by atoms with E-state index in [0.29, 0.717) is 0 Å². The second-order valence-corrected chi connectivity index (χ2v) is 11.6. The van der Waals surface area contributed by atoms with Crippen LogP contribution in [-0.2, 0) is 0 Å². The van der Waals surface area contributed by atoms with Gasteiger partial charge in [0.2, 0.25) is 0 Å². The summed E-state index contributed by atoms with van der Waals surface area (Å²) < 4.78 is 7.25. The van der Waals surface area contributed by atoms with Crippen molar-refractivity contribution in [3.63, 3.8) is 0 Å². The summed E-state index contributed by atoms with van der Waals surface area (Å²) in [6.45, 7) is 0. The van der Waals surface area contributed by atoms with E-state index in [4.69, 9.17) is 4.98 Å². The smallest absolute Gasteiger partial charge is 0.124 e. The van der Waals surface area contributed by atoms with Gasteiger partial charge in [-0.05, 0) is 78.9 Å². The highest BCUT2D eigenvalue weighted by molar-refractivity contribution is 7.21. The fourth-order valence-electron chi connectivity index (χ4n) is 5.93. The molecular formula is C36H23N7S. The lowest BCUT2D eigenvalue weighted by molar-refractivity contribution is 0.882. The van der Waals surface area contributed by atoms with E-state index in [1.165, 1.54) is 5.39 Å². The molecule has 7 nitrogen and oxygen atoms in total. The highest BCUT2D eigenvalue weighted by atomic mass is 32.1. The highest BCUT2D eigenvalue weighted by Crippen LogP contribution is 2.38. The predicted molar refractivity (Wildman–Crippen MR) is 177 cm³/mol. The van der Waals surface area contributed by atoms with E-state index < -0.39 is 0 Å². The molecule has 0 atom stereocenters. The molecule has 0 aliphatic carbocycles. The molecule has 0 radical (unpaired) electrons. The first-order valence-corrected chi connectivity index (χ1v) is 15.1. The first-order valence-electron chi connectivity index (χ1n) is 14.3. The zero-order valence-electron chi connectivity index (χ0n) is 23.3. The Kier molecular flexibility index (Phi) is 5.54. The van der Waals surface area contributed by atoms with Crippen molar-refractivity contribution in [2.75, 3.05) is 0 Å². The summed E-state index contributed by atoms with van der Waals surface area (Å²) in [6, 6.07) is 38.0. The third kappa shape index (κ3) is 4.04. The van der Waals surface area contributed by atoms with Crippen LogP contribution in [0.4, 0.5) is 0 Å². The van der Waals surface area contributed by atoms with Crippen molar-refractivity contribution in [2.24, 2.45) is 0 Å². The fourth-order valence-corrected chi connectivity index (χ4v) is 6.87. The van der Waals surface area contributed by atoms with Crippen molar-refractivity contribution in [3.05, 3.63) is 140 Å². The van der Waals surface area contributed by atoms with Crippen molar-refractivity contribution in [3.8, 4) is 38.9 Å². The van der Waals surface area contributed by atoms with Crippen molar-refractivity contribution in [1.82, 2.24) is 34.1 Å². The second kappa shape index (κ2) is 9.86. The number of benzene rings is 4. The van der Waals surface area contributed by atoms with Crippen LogP contribution in [0.25, 0.3) is 70.9 Å². The molecule has 0 fully saturated rings. The summed E-state index contributed by atoms with van der Waals surface area (Å²) >= 11 is 1.70. The number of thiazole rings is 1. The van der Waals surface area contributed by atoms with Crippen molar-refractivity contribution in [2.45, 2.75) is 0 Å². The molecule has 5 aromatic heterocycles. The van der Waals surface area contributed by atoms with Gasteiger partial charge < -0.3 is 4.57 Å². The number of aromatic nitrogens is 7. The Morgan fingerprint density at radius 3 is 2.18 bits per heavy atom. The molecule has 0 saturated carbocycles. The van der Waals surface area contributed by atoms with Crippen molar-refractivity contribution in [1.29, 1.82) is 0 Å². The molecule has 0 aliphatic heterocycles. The van der Waals surface area contributed by atoms with Gasteiger partial charge in [-0.25, -0.2) is 14.3 Å². The van der Waals surface area contributed by atoms with Crippen LogP contribution in [0.5, 0.6) is 0 Å². The quantitative estimate of drug-likeness (QED) is 0.203. The van der Waals surface area contributed by atoms with Crippen molar-refractivity contribution < 1.29 is 0 Å². The third-order valence-electron chi connectivity index (χ3n) is 7.97. The lowest BCUT2D eigenvalue weighted by Gasteiger charge is -2.11. The van der Waals surface area contributed by atoms with Crippen LogP contribution >= 0.6 is 11.3 Å². The molecule has 0 aliphatic rings. The Bertz CT molecular complexity index is 2440. The maximum Gasteiger partial charge on any atom is 0.124 e. The van der Waals surface area contributed by atoms with Gasteiger partial charge in [-0.2, -0.15) is 10.2 Å². The molecule has 9 aromatic rings. The molecule has 208 valence electrons. The maximum absolute atomic E-state index is 5.07. The maximum atomic E-state index is 5.07. The Morgan fingerprint density at radius 1 is 0.545 bits per heavy atom. The summed E-state index contributed by atoms with van der Waals surface area (Å²) in [7, 11) is 0. The van der Waals surface area contributed by atoms with E-state index in [9.17, 15) is 0 Å². The van der Waals surface area contributed by atoms with Crippen LogP contribution in [0.3, 0.4) is 0 Å². The molecule has 9 rings (SSSR count). The molecule has 4 aromatic carbocycles. The Balaban J connectivity index is 1.25. The van der Waals surface area contributed by atoms with E-state index in [1.54, 1.807) is 23.7 Å². The summed E-state index contributed by atoms with van der Waals surface area (Å²) in [5.74, 6) is 0. The van der Waals surface area contributed by atoms with Crippen molar-refractivity contribution >= 4 is 43.4 Å². The van der Waals surface area contributed by atoms with Gasteiger partial charge in [0, 0.05) is 58.6 Å². The number of rotatable bonds is 5. The minimum atomic E-state index is 0.945. The van der Waals surface area contributed by atoms with Crippen LogP contribution in [0, 0.1) is 0 Å². The molecule has 0 saturated heterocycles. The van der Waals surface area contributed by atoms with Crippen LogP contribution < -0.4 is 0 Å². The molecule has 5 heterocycles. The van der Waals surface area contributed by atoms with Crippen LogP contribution in [0.1, 0.15) is 0 Å². The summed E-state index contributed by atoms with van der Waals surface area (Å²) in [5, 5.41) is 12.2. The topological polar surface area (TPSA) is 66.3 Å². The first kappa shape index (κ1) is 24.7. The number of pyridine rings is 1. The normalized spacial score (nSPS) is 11.6. The van der Waals surface area contributed by atoms with Gasteiger partial charge in [-0.1, -0.05) is 30.3 Å². The largest absolute Gasteiger partial charge is 0.309 e. The number of nitrogens with zero attached hydrogens (tertiary/aromatic N) is 7. The van der Waals surface area contributed by atoms with E-state index >= 15 is 0 Å². The van der Waals surface area contributed by atoms with Crippen LogP contribution in [0.2, 0.25) is 0 Å². The minimum absolute atomic E-state index is 0.945. The van der Waals surface area contributed by atoms with Gasteiger partial charge >= 0.3 is 0 Å². The predicted octanol–water partition coefficient (Wildman–Crippen LogP) is 8.49. The lowest BCUT2D eigenvalue weighted by atomic mass is 10.1. The summed E-state index contributed by atoms with van der Waals surface area (Å²) in [5.41, 5.74) is 9.39. The highest BCUT2D eigenvalue weighted by Gasteiger charge is 2.17. The van der Waals surface area contributed by atoms with Gasteiger partial charge in [0.1, 0.15) is 5.01 Å².